The molecule has 2 nitrogen and oxygen atoms in total. The molecule has 0 aliphatic carbocycles. The molecule has 2 rings (SSSR count). The van der Waals surface area contributed by atoms with Gasteiger partial charge >= 0.3 is 0 Å². The van der Waals surface area contributed by atoms with Gasteiger partial charge in [0.15, 0.2) is 0 Å². The van der Waals surface area contributed by atoms with Crippen molar-refractivity contribution in [1.82, 2.24) is 0 Å². The molecule has 0 fully saturated rings. The highest BCUT2D eigenvalue weighted by Gasteiger charge is 2.05. The molecular formula is C13H11FN2S. The van der Waals surface area contributed by atoms with Gasteiger partial charge in [-0.3, -0.25) is 0 Å². The number of nitrogens with one attached hydrogen (secondary N) is 1. The van der Waals surface area contributed by atoms with Crippen LogP contribution in [0.15, 0.2) is 48.5 Å². The van der Waals surface area contributed by atoms with Crippen LogP contribution in [0.3, 0.4) is 0 Å². The number of rotatable bonds is 3. The summed E-state index contributed by atoms with van der Waals surface area (Å²) in [4.78, 5) is 0.0637. The molecule has 17 heavy (non-hydrogen) atoms. The maximum atomic E-state index is 13.6. The fraction of sp³-hybridized carbons (Fsp3) is 0. The predicted octanol–water partition coefficient (Wildman–Crippen LogP) is 3.20. The normalized spacial score (nSPS) is 9.94. The number of anilines is 2. The molecule has 4 heteroatoms. The molecule has 3 N–H and O–H groups in total. The van der Waals surface area contributed by atoms with Crippen molar-refractivity contribution >= 4 is 28.6 Å². The predicted molar refractivity (Wildman–Crippen MR) is 72.0 cm³/mol. The fourth-order valence-corrected chi connectivity index (χ4v) is 1.65. The Morgan fingerprint density at radius 2 is 1.76 bits per heavy atom. The topological polar surface area (TPSA) is 38.0 Å². The van der Waals surface area contributed by atoms with Crippen molar-refractivity contribution < 1.29 is 4.39 Å². The second-order valence-electron chi connectivity index (χ2n) is 3.55. The minimum absolute atomic E-state index is 0.0637. The monoisotopic (exact) mass is 246 g/mol. The lowest BCUT2D eigenvalue weighted by Crippen LogP contribution is -2.11. The number of para-hydroxylation sites is 1. The van der Waals surface area contributed by atoms with Gasteiger partial charge in [0.1, 0.15) is 10.8 Å². The molecule has 0 radical (unpaired) electrons. The molecule has 0 aliphatic heterocycles. The van der Waals surface area contributed by atoms with Crippen molar-refractivity contribution in [2.75, 3.05) is 5.32 Å². The van der Waals surface area contributed by atoms with Gasteiger partial charge in [-0.1, -0.05) is 30.4 Å². The van der Waals surface area contributed by atoms with Gasteiger partial charge in [-0.05, 0) is 30.3 Å². The highest BCUT2D eigenvalue weighted by atomic mass is 32.1. The average molecular weight is 246 g/mol. The first-order valence-corrected chi connectivity index (χ1v) is 5.49. The second-order valence-corrected chi connectivity index (χ2v) is 3.99. The van der Waals surface area contributed by atoms with E-state index in [0.29, 0.717) is 5.69 Å². The summed E-state index contributed by atoms with van der Waals surface area (Å²) in [6.07, 6.45) is 0. The molecule has 0 saturated heterocycles. The summed E-state index contributed by atoms with van der Waals surface area (Å²) < 4.78 is 13.6. The van der Waals surface area contributed by atoms with E-state index >= 15 is 0 Å². The molecule has 86 valence electrons. The van der Waals surface area contributed by atoms with Gasteiger partial charge in [-0.25, -0.2) is 4.39 Å². The Morgan fingerprint density at radius 1 is 1.06 bits per heavy atom. The van der Waals surface area contributed by atoms with Crippen LogP contribution in [0.25, 0.3) is 0 Å². The Bertz CT molecular complexity index is 540. The quantitative estimate of drug-likeness (QED) is 0.817. The van der Waals surface area contributed by atoms with Gasteiger partial charge in [0.2, 0.25) is 0 Å². The zero-order chi connectivity index (χ0) is 12.3. The summed E-state index contributed by atoms with van der Waals surface area (Å²) in [5.74, 6) is -0.418. The molecule has 2 aromatic carbocycles. The number of nitrogens with two attached hydrogens (primary N) is 1. The largest absolute Gasteiger partial charge is 0.389 e. The van der Waals surface area contributed by atoms with Gasteiger partial charge in [0.25, 0.3) is 0 Å². The SMILES string of the molecule is NC(=S)c1ccc(Nc2ccccc2)cc1F. The van der Waals surface area contributed by atoms with E-state index in [0.717, 1.165) is 5.69 Å². The highest BCUT2D eigenvalue weighted by molar-refractivity contribution is 7.80. The van der Waals surface area contributed by atoms with E-state index in [2.05, 4.69) is 5.32 Å². The molecule has 0 heterocycles. The van der Waals surface area contributed by atoms with Crippen molar-refractivity contribution in [3.8, 4) is 0 Å². The lowest BCUT2D eigenvalue weighted by atomic mass is 10.2. The van der Waals surface area contributed by atoms with Crippen molar-refractivity contribution in [2.45, 2.75) is 0 Å². The molecule has 0 spiro atoms. The third kappa shape index (κ3) is 2.79. The first-order chi connectivity index (χ1) is 8.16. The van der Waals surface area contributed by atoms with Gasteiger partial charge in [-0.2, -0.15) is 0 Å². The van der Waals surface area contributed by atoms with Crippen LogP contribution in [-0.2, 0) is 0 Å². The summed E-state index contributed by atoms with van der Waals surface area (Å²) >= 11 is 4.74. The van der Waals surface area contributed by atoms with Crippen LogP contribution in [-0.4, -0.2) is 4.99 Å². The van der Waals surface area contributed by atoms with E-state index in [1.807, 2.05) is 30.3 Å². The first kappa shape index (κ1) is 11.5. The molecule has 0 atom stereocenters. The van der Waals surface area contributed by atoms with Crippen LogP contribution in [0, 0.1) is 5.82 Å². The third-order valence-corrected chi connectivity index (χ3v) is 2.52. The molecule has 0 unspecified atom stereocenters. The summed E-state index contributed by atoms with van der Waals surface area (Å²) in [7, 11) is 0. The molecule has 2 aromatic rings. The van der Waals surface area contributed by atoms with Crippen LogP contribution in [0.5, 0.6) is 0 Å². The Balaban J connectivity index is 2.24. The van der Waals surface area contributed by atoms with Crippen LogP contribution >= 0.6 is 12.2 Å². The molecular weight excluding hydrogens is 235 g/mol. The van der Waals surface area contributed by atoms with Crippen LogP contribution < -0.4 is 11.1 Å². The van der Waals surface area contributed by atoms with Crippen molar-refractivity contribution in [2.24, 2.45) is 5.73 Å². The molecule has 0 aliphatic rings. The smallest absolute Gasteiger partial charge is 0.135 e. The van der Waals surface area contributed by atoms with Gasteiger partial charge in [0, 0.05) is 16.9 Å². The second kappa shape index (κ2) is 4.93. The zero-order valence-electron chi connectivity index (χ0n) is 8.98. The molecule has 0 amide bonds. The lowest BCUT2D eigenvalue weighted by molar-refractivity contribution is 0.626. The fourth-order valence-electron chi connectivity index (χ4n) is 1.48. The van der Waals surface area contributed by atoms with Crippen molar-refractivity contribution in [3.63, 3.8) is 0 Å². The number of halogens is 1. The van der Waals surface area contributed by atoms with Gasteiger partial charge in [-0.15, -0.1) is 0 Å². The van der Waals surface area contributed by atoms with Crippen molar-refractivity contribution in [3.05, 3.63) is 59.9 Å². The van der Waals surface area contributed by atoms with Crippen LogP contribution in [0.4, 0.5) is 15.8 Å². The molecule has 0 aromatic heterocycles. The lowest BCUT2D eigenvalue weighted by Gasteiger charge is -2.08. The standard InChI is InChI=1S/C13H11FN2S/c14-12-8-10(6-7-11(12)13(15)17)16-9-4-2-1-3-5-9/h1-8,16H,(H2,15,17). The highest BCUT2D eigenvalue weighted by Crippen LogP contribution is 2.19. The number of benzene rings is 2. The van der Waals surface area contributed by atoms with E-state index < -0.39 is 5.82 Å². The Hall–Kier alpha value is -1.94. The Morgan fingerprint density at radius 3 is 2.35 bits per heavy atom. The summed E-state index contributed by atoms with van der Waals surface area (Å²) in [6.45, 7) is 0. The summed E-state index contributed by atoms with van der Waals surface area (Å²) in [5.41, 5.74) is 7.21. The Kier molecular flexibility index (Phi) is 3.35. The first-order valence-electron chi connectivity index (χ1n) is 5.08. The average Bonchev–Trinajstić information content (AvgIpc) is 2.30. The van der Waals surface area contributed by atoms with E-state index in [9.17, 15) is 4.39 Å². The van der Waals surface area contributed by atoms with E-state index in [4.69, 9.17) is 18.0 Å². The maximum Gasteiger partial charge on any atom is 0.135 e. The number of hydrogen-bond donors (Lipinski definition) is 2. The van der Waals surface area contributed by atoms with Crippen LogP contribution in [0.2, 0.25) is 0 Å². The maximum absolute atomic E-state index is 13.6. The van der Waals surface area contributed by atoms with Crippen LogP contribution in [0.1, 0.15) is 5.56 Å². The van der Waals surface area contributed by atoms with E-state index in [1.165, 1.54) is 6.07 Å². The molecule has 0 bridgehead atoms. The minimum Gasteiger partial charge on any atom is -0.389 e. The summed E-state index contributed by atoms with van der Waals surface area (Å²) in [5, 5.41) is 3.09. The Labute approximate surface area is 104 Å². The van der Waals surface area contributed by atoms with E-state index in [-0.39, 0.29) is 10.6 Å². The summed E-state index contributed by atoms with van der Waals surface area (Å²) in [6, 6.07) is 14.2. The molecule has 0 saturated carbocycles. The third-order valence-electron chi connectivity index (χ3n) is 2.30. The van der Waals surface area contributed by atoms with Gasteiger partial charge in [0.05, 0.1) is 0 Å². The van der Waals surface area contributed by atoms with Gasteiger partial charge < -0.3 is 11.1 Å². The van der Waals surface area contributed by atoms with Crippen molar-refractivity contribution in [1.29, 1.82) is 0 Å². The van der Waals surface area contributed by atoms with E-state index in [1.54, 1.807) is 12.1 Å². The minimum atomic E-state index is -0.418. The number of hydrogen-bond acceptors (Lipinski definition) is 2. The number of thiocarbonyl (C=S) groups is 1. The zero-order valence-corrected chi connectivity index (χ0v) is 9.80.